The number of aromatic nitrogens is 1. The second-order valence-electron chi connectivity index (χ2n) is 5.08. The van der Waals surface area contributed by atoms with Gasteiger partial charge in [0.25, 0.3) is 5.91 Å². The van der Waals surface area contributed by atoms with E-state index in [-0.39, 0.29) is 11.5 Å². The van der Waals surface area contributed by atoms with E-state index in [9.17, 15) is 14.4 Å². The van der Waals surface area contributed by atoms with E-state index in [0.29, 0.717) is 22.8 Å². The Bertz CT molecular complexity index is 745. The van der Waals surface area contributed by atoms with Gasteiger partial charge in [0.05, 0.1) is 5.69 Å². The predicted octanol–water partition coefficient (Wildman–Crippen LogP) is 2.05. The fourth-order valence-corrected chi connectivity index (χ4v) is 2.01. The van der Waals surface area contributed by atoms with Crippen molar-refractivity contribution in [1.82, 2.24) is 5.16 Å². The van der Waals surface area contributed by atoms with Crippen LogP contribution in [0, 0.1) is 13.8 Å². The Morgan fingerprint density at radius 3 is 2.17 bits per heavy atom. The fourth-order valence-electron chi connectivity index (χ4n) is 2.01. The van der Waals surface area contributed by atoms with Crippen molar-refractivity contribution in [2.24, 2.45) is 0 Å². The number of nitrogens with zero attached hydrogens (tertiary/aromatic N) is 1. The van der Waals surface area contributed by atoms with E-state index < -0.39 is 18.5 Å². The normalized spacial score (nSPS) is 10.1. The van der Waals surface area contributed by atoms with Crippen LogP contribution >= 0.6 is 0 Å². The molecule has 8 heteroatoms. The van der Waals surface area contributed by atoms with Crippen LogP contribution in [0.15, 0.2) is 28.8 Å². The maximum atomic E-state index is 11.9. The van der Waals surface area contributed by atoms with Gasteiger partial charge in [-0.3, -0.25) is 9.59 Å². The lowest BCUT2D eigenvalue weighted by atomic mass is 10.2. The summed E-state index contributed by atoms with van der Waals surface area (Å²) in [7, 11) is 0. The van der Waals surface area contributed by atoms with E-state index in [1.807, 2.05) is 0 Å². The molecule has 0 aliphatic heterocycles. The first-order valence-corrected chi connectivity index (χ1v) is 7.14. The molecule has 0 spiro atoms. The first-order chi connectivity index (χ1) is 11.4. The summed E-state index contributed by atoms with van der Waals surface area (Å²) in [6.45, 7) is 4.18. The lowest BCUT2D eigenvalue weighted by Gasteiger charge is -2.07. The van der Waals surface area contributed by atoms with Crippen LogP contribution in [0.1, 0.15) is 28.7 Å². The van der Waals surface area contributed by atoms with Gasteiger partial charge in [-0.05, 0) is 38.1 Å². The highest BCUT2D eigenvalue weighted by Crippen LogP contribution is 2.15. The van der Waals surface area contributed by atoms with Gasteiger partial charge in [-0.15, -0.1) is 0 Å². The summed E-state index contributed by atoms with van der Waals surface area (Å²) < 4.78 is 9.83. The molecule has 0 aliphatic carbocycles. The Balaban J connectivity index is 1.87. The molecule has 0 unspecified atom stereocenters. The lowest BCUT2D eigenvalue weighted by molar-refractivity contribution is -0.119. The highest BCUT2D eigenvalue weighted by atomic mass is 16.5. The van der Waals surface area contributed by atoms with E-state index in [0.717, 1.165) is 0 Å². The minimum Gasteiger partial charge on any atom is -0.452 e. The van der Waals surface area contributed by atoms with Crippen molar-refractivity contribution in [2.75, 3.05) is 17.2 Å². The number of benzene rings is 1. The van der Waals surface area contributed by atoms with Crippen LogP contribution in [0.5, 0.6) is 0 Å². The van der Waals surface area contributed by atoms with Gasteiger partial charge in [0.1, 0.15) is 11.3 Å². The molecule has 126 valence electrons. The molecule has 2 N–H and O–H groups in total. The van der Waals surface area contributed by atoms with Gasteiger partial charge in [-0.25, -0.2) is 4.79 Å². The van der Waals surface area contributed by atoms with Crippen molar-refractivity contribution < 1.29 is 23.6 Å². The number of aryl methyl sites for hydroxylation is 2. The van der Waals surface area contributed by atoms with E-state index in [4.69, 9.17) is 9.26 Å². The van der Waals surface area contributed by atoms with Crippen LogP contribution in [0.3, 0.4) is 0 Å². The molecule has 0 saturated heterocycles. The number of rotatable bonds is 5. The zero-order chi connectivity index (χ0) is 17.7. The smallest absolute Gasteiger partial charge is 0.344 e. The van der Waals surface area contributed by atoms with Crippen LogP contribution < -0.4 is 10.6 Å². The molecule has 8 nitrogen and oxygen atoms in total. The molecule has 0 bridgehead atoms. The summed E-state index contributed by atoms with van der Waals surface area (Å²) in [5, 5.41) is 8.85. The third kappa shape index (κ3) is 4.42. The average molecular weight is 331 g/mol. The van der Waals surface area contributed by atoms with Gasteiger partial charge >= 0.3 is 5.97 Å². The molecular weight excluding hydrogens is 314 g/mol. The van der Waals surface area contributed by atoms with Gasteiger partial charge in [0.2, 0.25) is 5.91 Å². The summed E-state index contributed by atoms with van der Waals surface area (Å²) >= 11 is 0. The molecule has 1 aromatic carbocycles. The SMILES string of the molecule is CC(=O)Nc1ccc(NC(=O)COC(=O)c2c(C)noc2C)cc1. The first kappa shape index (κ1) is 17.2. The summed E-state index contributed by atoms with van der Waals surface area (Å²) in [5.74, 6) is -0.991. The maximum absolute atomic E-state index is 11.9. The second kappa shape index (κ2) is 7.40. The quantitative estimate of drug-likeness (QED) is 0.811. The molecular formula is C16H17N3O5. The highest BCUT2D eigenvalue weighted by molar-refractivity contribution is 5.96. The fraction of sp³-hybridized carbons (Fsp3) is 0.250. The third-order valence-electron chi connectivity index (χ3n) is 3.06. The Kier molecular flexibility index (Phi) is 5.31. The Labute approximate surface area is 138 Å². The second-order valence-corrected chi connectivity index (χ2v) is 5.08. The molecule has 2 aromatic rings. The van der Waals surface area contributed by atoms with Crippen molar-refractivity contribution in [3.8, 4) is 0 Å². The third-order valence-corrected chi connectivity index (χ3v) is 3.06. The maximum Gasteiger partial charge on any atom is 0.344 e. The van der Waals surface area contributed by atoms with Gasteiger partial charge < -0.3 is 19.9 Å². The van der Waals surface area contributed by atoms with E-state index in [1.165, 1.54) is 6.92 Å². The largest absolute Gasteiger partial charge is 0.452 e. The van der Waals surface area contributed by atoms with Crippen LogP contribution in [0.2, 0.25) is 0 Å². The number of carbonyl (C=O) groups is 3. The molecule has 1 heterocycles. The summed E-state index contributed by atoms with van der Waals surface area (Å²) in [6.07, 6.45) is 0. The monoisotopic (exact) mass is 331 g/mol. The van der Waals surface area contributed by atoms with Crippen molar-refractivity contribution >= 4 is 29.2 Å². The Hall–Kier alpha value is -3.16. The molecule has 24 heavy (non-hydrogen) atoms. The van der Waals surface area contributed by atoms with Crippen LogP contribution in [0.4, 0.5) is 11.4 Å². The van der Waals surface area contributed by atoms with E-state index in [2.05, 4.69) is 15.8 Å². The number of amides is 2. The topological polar surface area (TPSA) is 111 Å². The van der Waals surface area contributed by atoms with Crippen LogP contribution in [-0.4, -0.2) is 29.5 Å². The summed E-state index contributed by atoms with van der Waals surface area (Å²) in [4.78, 5) is 34.7. The molecule has 2 amide bonds. The van der Waals surface area contributed by atoms with Crippen molar-refractivity contribution in [2.45, 2.75) is 20.8 Å². The van der Waals surface area contributed by atoms with E-state index >= 15 is 0 Å². The molecule has 0 aliphatic rings. The molecule has 0 saturated carbocycles. The van der Waals surface area contributed by atoms with Crippen molar-refractivity contribution in [3.05, 3.63) is 41.3 Å². The zero-order valence-corrected chi connectivity index (χ0v) is 13.5. The molecule has 2 rings (SSSR count). The van der Waals surface area contributed by atoms with Gasteiger partial charge in [-0.1, -0.05) is 5.16 Å². The summed E-state index contributed by atoms with van der Waals surface area (Å²) in [6, 6.07) is 6.54. The first-order valence-electron chi connectivity index (χ1n) is 7.14. The van der Waals surface area contributed by atoms with Crippen LogP contribution in [-0.2, 0) is 14.3 Å². The molecule has 0 fully saturated rings. The molecule has 0 radical (unpaired) electrons. The molecule has 0 atom stereocenters. The standard InChI is InChI=1S/C16H17N3O5/c1-9-15(10(2)24-19-9)16(22)23-8-14(21)18-13-6-4-12(5-7-13)17-11(3)20/h4-7H,8H2,1-3H3,(H,17,20)(H,18,21). The van der Waals surface area contributed by atoms with E-state index in [1.54, 1.807) is 38.1 Å². The number of ether oxygens (including phenoxy) is 1. The Morgan fingerprint density at radius 2 is 1.67 bits per heavy atom. The minimum absolute atomic E-state index is 0.182. The van der Waals surface area contributed by atoms with Gasteiger partial charge in [0, 0.05) is 18.3 Å². The number of esters is 1. The van der Waals surface area contributed by atoms with Crippen LogP contribution in [0.25, 0.3) is 0 Å². The van der Waals surface area contributed by atoms with Gasteiger partial charge in [-0.2, -0.15) is 0 Å². The number of nitrogens with one attached hydrogen (secondary N) is 2. The number of anilines is 2. The number of carbonyl (C=O) groups excluding carboxylic acids is 3. The average Bonchev–Trinajstić information content (AvgIpc) is 2.85. The minimum atomic E-state index is -0.664. The van der Waals surface area contributed by atoms with Crippen molar-refractivity contribution in [3.63, 3.8) is 0 Å². The lowest BCUT2D eigenvalue weighted by Crippen LogP contribution is -2.21. The predicted molar refractivity (Wildman–Crippen MR) is 85.6 cm³/mol. The van der Waals surface area contributed by atoms with Gasteiger partial charge in [0.15, 0.2) is 6.61 Å². The summed E-state index contributed by atoms with van der Waals surface area (Å²) in [5.41, 5.74) is 1.77. The molecule has 1 aromatic heterocycles. The number of hydrogen-bond donors (Lipinski definition) is 2. The highest BCUT2D eigenvalue weighted by Gasteiger charge is 2.19. The number of hydrogen-bond acceptors (Lipinski definition) is 6. The Morgan fingerprint density at radius 1 is 1.08 bits per heavy atom. The zero-order valence-electron chi connectivity index (χ0n) is 13.5. The van der Waals surface area contributed by atoms with Crippen molar-refractivity contribution in [1.29, 1.82) is 0 Å².